The third-order valence-corrected chi connectivity index (χ3v) is 4.54. The standard InChI is InChI=1S/C18H22N6O/c1-3-25-16-7-5-4-6-14(16)23-8-10-24(11-9-23)18-19-12-15-17(21-18)20-13-22(15)2/h4-7,12-13H,3,8-11H2,1-2H3. The van der Waals surface area contributed by atoms with Gasteiger partial charge in [-0.25, -0.2) is 9.97 Å². The van der Waals surface area contributed by atoms with Gasteiger partial charge in [0, 0.05) is 33.2 Å². The van der Waals surface area contributed by atoms with Gasteiger partial charge in [-0.15, -0.1) is 0 Å². The molecule has 0 saturated carbocycles. The highest BCUT2D eigenvalue weighted by Gasteiger charge is 2.21. The lowest BCUT2D eigenvalue weighted by Crippen LogP contribution is -2.47. The fourth-order valence-corrected chi connectivity index (χ4v) is 3.20. The maximum Gasteiger partial charge on any atom is 0.227 e. The Morgan fingerprint density at radius 2 is 1.80 bits per heavy atom. The zero-order valence-electron chi connectivity index (χ0n) is 14.6. The Morgan fingerprint density at radius 1 is 1.04 bits per heavy atom. The third-order valence-electron chi connectivity index (χ3n) is 4.54. The Hall–Kier alpha value is -2.83. The van der Waals surface area contributed by atoms with E-state index in [9.17, 15) is 0 Å². The molecule has 2 aromatic heterocycles. The van der Waals surface area contributed by atoms with Crippen LogP contribution >= 0.6 is 0 Å². The van der Waals surface area contributed by atoms with E-state index in [2.05, 4.69) is 36.9 Å². The molecule has 0 N–H and O–H groups in total. The van der Waals surface area contributed by atoms with Crippen molar-refractivity contribution in [2.45, 2.75) is 6.92 Å². The lowest BCUT2D eigenvalue weighted by Gasteiger charge is -2.36. The van der Waals surface area contributed by atoms with Crippen LogP contribution in [0.15, 0.2) is 36.8 Å². The molecule has 3 aromatic rings. The Bertz CT molecular complexity index is 869. The second-order valence-electron chi connectivity index (χ2n) is 6.11. The maximum atomic E-state index is 5.76. The smallest absolute Gasteiger partial charge is 0.227 e. The van der Waals surface area contributed by atoms with E-state index in [0.29, 0.717) is 6.61 Å². The number of fused-ring (bicyclic) bond motifs is 1. The molecule has 1 aromatic carbocycles. The second-order valence-corrected chi connectivity index (χ2v) is 6.11. The Balaban J connectivity index is 1.49. The zero-order chi connectivity index (χ0) is 17.2. The molecular formula is C18H22N6O. The molecule has 1 aliphatic heterocycles. The van der Waals surface area contributed by atoms with Crippen LogP contribution in [0, 0.1) is 0 Å². The number of hydrogen-bond donors (Lipinski definition) is 0. The molecule has 130 valence electrons. The largest absolute Gasteiger partial charge is 0.492 e. The SMILES string of the molecule is CCOc1ccccc1N1CCN(c2ncc3c(ncn3C)n2)CC1. The van der Waals surface area contributed by atoms with Gasteiger partial charge < -0.3 is 19.1 Å². The summed E-state index contributed by atoms with van der Waals surface area (Å²) in [5.41, 5.74) is 2.86. The minimum atomic E-state index is 0.676. The lowest BCUT2D eigenvalue weighted by molar-refractivity contribution is 0.340. The summed E-state index contributed by atoms with van der Waals surface area (Å²) in [5, 5.41) is 0. The first kappa shape index (κ1) is 15.7. The van der Waals surface area contributed by atoms with Crippen LogP contribution in [0.5, 0.6) is 5.75 Å². The quantitative estimate of drug-likeness (QED) is 0.726. The van der Waals surface area contributed by atoms with Crippen LogP contribution in [-0.2, 0) is 7.05 Å². The van der Waals surface area contributed by atoms with E-state index in [0.717, 1.165) is 54.7 Å². The predicted molar refractivity (Wildman–Crippen MR) is 98.3 cm³/mol. The molecule has 0 aliphatic carbocycles. The van der Waals surface area contributed by atoms with E-state index in [1.807, 2.05) is 36.9 Å². The summed E-state index contributed by atoms with van der Waals surface area (Å²) in [6.45, 7) is 6.26. The molecule has 0 unspecified atom stereocenters. The highest BCUT2D eigenvalue weighted by molar-refractivity contribution is 5.71. The number of para-hydroxylation sites is 2. The summed E-state index contributed by atoms with van der Waals surface area (Å²) in [6, 6.07) is 8.23. The Kier molecular flexibility index (Phi) is 4.13. The minimum Gasteiger partial charge on any atom is -0.492 e. The van der Waals surface area contributed by atoms with Gasteiger partial charge in [-0.2, -0.15) is 4.98 Å². The van der Waals surface area contributed by atoms with Crippen molar-refractivity contribution in [1.82, 2.24) is 19.5 Å². The molecule has 0 atom stereocenters. The molecule has 0 radical (unpaired) electrons. The number of piperazine rings is 1. The molecule has 25 heavy (non-hydrogen) atoms. The van der Waals surface area contributed by atoms with Crippen molar-refractivity contribution in [3.05, 3.63) is 36.8 Å². The summed E-state index contributed by atoms with van der Waals surface area (Å²) >= 11 is 0. The molecule has 3 heterocycles. The molecular weight excluding hydrogens is 316 g/mol. The van der Waals surface area contributed by atoms with Gasteiger partial charge in [0.15, 0.2) is 5.65 Å². The molecule has 0 bridgehead atoms. The third kappa shape index (κ3) is 2.97. The summed E-state index contributed by atoms with van der Waals surface area (Å²) in [7, 11) is 1.95. The molecule has 1 aliphatic rings. The molecule has 7 nitrogen and oxygen atoms in total. The van der Waals surface area contributed by atoms with Gasteiger partial charge in [0.1, 0.15) is 11.3 Å². The average molecular weight is 338 g/mol. The minimum absolute atomic E-state index is 0.676. The lowest BCUT2D eigenvalue weighted by atomic mass is 10.2. The zero-order valence-corrected chi connectivity index (χ0v) is 14.6. The summed E-state index contributed by atoms with van der Waals surface area (Å²) in [5.74, 6) is 1.70. The van der Waals surface area contributed by atoms with Gasteiger partial charge in [-0.3, -0.25) is 0 Å². The van der Waals surface area contributed by atoms with Gasteiger partial charge in [0.05, 0.1) is 24.8 Å². The number of rotatable bonds is 4. The fourth-order valence-electron chi connectivity index (χ4n) is 3.20. The summed E-state index contributed by atoms with van der Waals surface area (Å²) in [6.07, 6.45) is 3.62. The number of aromatic nitrogens is 4. The molecule has 0 spiro atoms. The van der Waals surface area contributed by atoms with E-state index in [-0.39, 0.29) is 0 Å². The monoisotopic (exact) mass is 338 g/mol. The number of ether oxygens (including phenoxy) is 1. The van der Waals surface area contributed by atoms with E-state index in [1.165, 1.54) is 0 Å². The van der Waals surface area contributed by atoms with Crippen LogP contribution < -0.4 is 14.5 Å². The predicted octanol–water partition coefficient (Wildman–Crippen LogP) is 2.09. The maximum absolute atomic E-state index is 5.76. The number of hydrogen-bond acceptors (Lipinski definition) is 6. The molecule has 1 fully saturated rings. The number of nitrogens with zero attached hydrogens (tertiary/aromatic N) is 6. The Labute approximate surface area is 146 Å². The second kappa shape index (κ2) is 6.58. The first-order valence-electron chi connectivity index (χ1n) is 8.62. The fraction of sp³-hybridized carbons (Fsp3) is 0.389. The van der Waals surface area contributed by atoms with Crippen molar-refractivity contribution in [2.24, 2.45) is 7.05 Å². The van der Waals surface area contributed by atoms with Crippen molar-refractivity contribution in [3.8, 4) is 5.75 Å². The molecule has 4 rings (SSSR count). The van der Waals surface area contributed by atoms with Gasteiger partial charge >= 0.3 is 0 Å². The highest BCUT2D eigenvalue weighted by Crippen LogP contribution is 2.29. The van der Waals surface area contributed by atoms with Crippen LogP contribution in [0.3, 0.4) is 0 Å². The first-order valence-corrected chi connectivity index (χ1v) is 8.62. The molecule has 0 amide bonds. The van der Waals surface area contributed by atoms with Crippen LogP contribution in [0.2, 0.25) is 0 Å². The number of anilines is 2. The van der Waals surface area contributed by atoms with Gasteiger partial charge in [0.25, 0.3) is 0 Å². The average Bonchev–Trinajstić information content (AvgIpc) is 3.03. The van der Waals surface area contributed by atoms with Crippen molar-refractivity contribution < 1.29 is 4.74 Å². The van der Waals surface area contributed by atoms with Crippen molar-refractivity contribution >= 4 is 22.8 Å². The summed E-state index contributed by atoms with van der Waals surface area (Å²) in [4.78, 5) is 18.0. The van der Waals surface area contributed by atoms with E-state index >= 15 is 0 Å². The van der Waals surface area contributed by atoms with E-state index in [4.69, 9.17) is 4.74 Å². The van der Waals surface area contributed by atoms with Crippen molar-refractivity contribution in [2.75, 3.05) is 42.6 Å². The van der Waals surface area contributed by atoms with Crippen LogP contribution in [0.1, 0.15) is 6.92 Å². The van der Waals surface area contributed by atoms with Crippen LogP contribution in [-0.4, -0.2) is 52.3 Å². The van der Waals surface area contributed by atoms with Gasteiger partial charge in [0.2, 0.25) is 5.95 Å². The van der Waals surface area contributed by atoms with Crippen molar-refractivity contribution in [3.63, 3.8) is 0 Å². The number of imidazole rings is 1. The molecule has 7 heteroatoms. The van der Waals surface area contributed by atoms with Crippen molar-refractivity contribution in [1.29, 1.82) is 0 Å². The topological polar surface area (TPSA) is 59.3 Å². The Morgan fingerprint density at radius 3 is 2.60 bits per heavy atom. The number of benzene rings is 1. The normalized spacial score (nSPS) is 15.0. The van der Waals surface area contributed by atoms with Crippen LogP contribution in [0.4, 0.5) is 11.6 Å². The van der Waals surface area contributed by atoms with E-state index in [1.54, 1.807) is 6.33 Å². The van der Waals surface area contributed by atoms with Gasteiger partial charge in [-0.1, -0.05) is 12.1 Å². The van der Waals surface area contributed by atoms with Crippen LogP contribution in [0.25, 0.3) is 11.2 Å². The highest BCUT2D eigenvalue weighted by atomic mass is 16.5. The molecule has 1 saturated heterocycles. The van der Waals surface area contributed by atoms with E-state index < -0.39 is 0 Å². The summed E-state index contributed by atoms with van der Waals surface area (Å²) < 4.78 is 7.69. The van der Waals surface area contributed by atoms with Gasteiger partial charge in [-0.05, 0) is 19.1 Å². The first-order chi connectivity index (χ1) is 12.3. The number of aryl methyl sites for hydroxylation is 1.